The Labute approximate surface area is 445 Å². The highest BCUT2D eigenvalue weighted by atomic mass is 16.5. The third kappa shape index (κ3) is 15.6. The van der Waals surface area contributed by atoms with Crippen molar-refractivity contribution in [2.24, 2.45) is 38.8 Å². The van der Waals surface area contributed by atoms with Crippen molar-refractivity contribution in [3.05, 3.63) is 57.1 Å². The van der Waals surface area contributed by atoms with E-state index in [9.17, 15) is 63.9 Å². The molecule has 25 nitrogen and oxygen atoms in total. The average Bonchev–Trinajstić information content (AvgIpc) is 3.37. The first-order valence-corrected chi connectivity index (χ1v) is 25.7. The number of nitrogens with zero attached hydrogens (tertiary/aromatic N) is 2. The summed E-state index contributed by atoms with van der Waals surface area (Å²) in [4.78, 5) is 116. The van der Waals surface area contributed by atoms with Crippen molar-refractivity contribution >= 4 is 58.7 Å². The maximum Gasteiger partial charge on any atom is 0.243 e. The van der Waals surface area contributed by atoms with E-state index in [2.05, 4.69) is 36.6 Å². The predicted molar refractivity (Wildman–Crippen MR) is 280 cm³/mol. The summed E-state index contributed by atoms with van der Waals surface area (Å²) in [6.45, 7) is 7.28. The van der Waals surface area contributed by atoms with Gasteiger partial charge >= 0.3 is 0 Å². The molecule has 2 aromatic carbocycles. The van der Waals surface area contributed by atoms with Crippen LogP contribution in [0, 0.1) is 5.92 Å². The predicted octanol–water partition coefficient (Wildman–Crippen LogP) is -1.69. The molecule has 1 saturated heterocycles. The van der Waals surface area contributed by atoms with Crippen LogP contribution >= 0.6 is 0 Å². The van der Waals surface area contributed by atoms with E-state index in [0.29, 0.717) is 0 Å². The molecular formula is C52H75N11O14. The van der Waals surface area contributed by atoms with Gasteiger partial charge in [-0.3, -0.25) is 48.3 Å². The summed E-state index contributed by atoms with van der Waals surface area (Å²) in [6.07, 6.45) is -2.22. The monoisotopic (exact) mass is 1080 g/mol. The minimum atomic E-state index is -2.30. The van der Waals surface area contributed by atoms with E-state index in [4.69, 9.17) is 27.7 Å². The number of nitrogens with two attached hydrogens (primary N) is 4. The Bertz CT molecular complexity index is 2640. The van der Waals surface area contributed by atoms with Gasteiger partial charge < -0.3 is 79.8 Å². The normalized spacial score (nSPS) is 21.5. The maximum atomic E-state index is 14.5. The topological polar surface area (TPSA) is 436 Å². The molecule has 0 spiro atoms. The van der Waals surface area contributed by atoms with Gasteiger partial charge in [0.05, 0.1) is 43.0 Å². The van der Waals surface area contributed by atoms with E-state index in [1.165, 1.54) is 18.2 Å². The van der Waals surface area contributed by atoms with Gasteiger partial charge in [-0.25, -0.2) is 0 Å². The van der Waals surface area contributed by atoms with E-state index in [-0.39, 0.29) is 128 Å². The molecule has 1 fully saturated rings. The lowest BCUT2D eigenvalue weighted by Crippen LogP contribution is -2.58. The van der Waals surface area contributed by atoms with Crippen LogP contribution in [0.3, 0.4) is 0 Å². The number of ketones is 4. The number of ether oxygens (including phenoxy) is 1. The molecule has 8 atom stereocenters. The lowest BCUT2D eigenvalue weighted by atomic mass is 9.67. The van der Waals surface area contributed by atoms with E-state index in [0.717, 1.165) is 0 Å². The highest BCUT2D eigenvalue weighted by Crippen LogP contribution is 2.53. The minimum absolute atomic E-state index is 0.00295. The summed E-state index contributed by atoms with van der Waals surface area (Å²) in [6, 6.07) is 1.07. The van der Waals surface area contributed by atoms with Gasteiger partial charge in [-0.15, -0.1) is 0 Å². The van der Waals surface area contributed by atoms with Crippen LogP contribution in [0.5, 0.6) is 11.5 Å². The number of hydrogen-bond acceptors (Lipinski definition) is 17. The molecule has 0 radical (unpaired) electrons. The number of phenolic OH excluding ortho intramolecular Hbond substituents is 2. The Hall–Kier alpha value is -7.06. The largest absolute Gasteiger partial charge is 0.507 e. The van der Waals surface area contributed by atoms with Gasteiger partial charge in [0.15, 0.2) is 29.3 Å². The van der Waals surface area contributed by atoms with Crippen LogP contribution in [-0.2, 0) is 46.5 Å². The number of carbonyl (C=O) groups is 8. The number of guanidine groups is 2. The van der Waals surface area contributed by atoms with E-state index < -0.39 is 138 Å². The van der Waals surface area contributed by atoms with Gasteiger partial charge in [-0.2, -0.15) is 0 Å². The Morgan fingerprint density at radius 2 is 1.44 bits per heavy atom. The Morgan fingerprint density at radius 3 is 2.04 bits per heavy atom. The Morgan fingerprint density at radius 1 is 0.818 bits per heavy atom. The van der Waals surface area contributed by atoms with Gasteiger partial charge in [-0.05, 0) is 84.1 Å². The number of aliphatic imine (C=N–C) groups is 2. The molecule has 0 bridgehead atoms. The molecule has 1 aliphatic heterocycles. The van der Waals surface area contributed by atoms with Gasteiger partial charge in [0.2, 0.25) is 23.6 Å². The molecule has 2 aliphatic carbocycles. The molecule has 422 valence electrons. The van der Waals surface area contributed by atoms with E-state index in [1.807, 2.05) is 27.7 Å². The van der Waals surface area contributed by atoms with Crippen molar-refractivity contribution in [2.45, 2.75) is 153 Å². The van der Waals surface area contributed by atoms with E-state index >= 15 is 0 Å². The first kappa shape index (κ1) is 60.8. The first-order chi connectivity index (χ1) is 36.2. The highest BCUT2D eigenvalue weighted by molar-refractivity contribution is 6.31. The number of nitrogens with one attached hydrogen (secondary N) is 5. The number of benzene rings is 2. The van der Waals surface area contributed by atoms with Crippen LogP contribution in [0.25, 0.3) is 0 Å². The number of aliphatic hydroxyl groups is 3. The number of phenols is 2. The molecule has 1 heterocycles. The van der Waals surface area contributed by atoms with Crippen molar-refractivity contribution in [1.82, 2.24) is 26.6 Å². The number of amides is 4. The lowest BCUT2D eigenvalue weighted by molar-refractivity contribution is -0.143. The van der Waals surface area contributed by atoms with Crippen molar-refractivity contribution in [2.75, 3.05) is 32.8 Å². The molecule has 25 heteroatoms. The molecular weight excluding hydrogens is 1000 g/mol. The SMILES string of the molecule is CC1[C@H](NC(=O)C(CCCN=C(N)N)NC(=O)C(CCCN=C(N)N)NC(=O)CNC(=O)CCC(=O)CNC(C)(C)C)C[C@@H](CC2C[C@@](O)(C(=O)CO)Cc3c(O)c4c(c(O)c32)C(=O)c2c(CO)cccc2C4=O)O[C@@H]1C. The number of fused-ring (bicyclic) bond motifs is 3. The van der Waals surface area contributed by atoms with Gasteiger partial charge in [0.25, 0.3) is 0 Å². The molecule has 4 amide bonds. The summed E-state index contributed by atoms with van der Waals surface area (Å²) in [5.74, 6) is -8.80. The fourth-order valence-electron chi connectivity index (χ4n) is 10.0. The number of Topliss-reactive ketones (excluding diaryl/α,β-unsaturated/α-hetero) is 2. The first-order valence-electron chi connectivity index (χ1n) is 25.7. The molecule has 18 N–H and O–H groups in total. The van der Waals surface area contributed by atoms with Gasteiger partial charge in [0, 0.05) is 72.1 Å². The summed E-state index contributed by atoms with van der Waals surface area (Å²) in [5.41, 5.74) is 18.0. The minimum Gasteiger partial charge on any atom is -0.507 e. The zero-order chi connectivity index (χ0) is 57.1. The summed E-state index contributed by atoms with van der Waals surface area (Å²) in [5, 5.41) is 69.7. The van der Waals surface area contributed by atoms with Crippen molar-refractivity contribution in [3.8, 4) is 11.5 Å². The van der Waals surface area contributed by atoms with Crippen LogP contribution in [0.2, 0.25) is 0 Å². The van der Waals surface area contributed by atoms with Crippen LogP contribution < -0.4 is 49.5 Å². The third-order valence-corrected chi connectivity index (χ3v) is 14.2. The Kier molecular flexibility index (Phi) is 20.8. The molecule has 3 aliphatic rings. The third-order valence-electron chi connectivity index (χ3n) is 14.2. The zero-order valence-corrected chi connectivity index (χ0v) is 44.2. The van der Waals surface area contributed by atoms with Crippen molar-refractivity contribution in [1.29, 1.82) is 0 Å². The quantitative estimate of drug-likeness (QED) is 0.0195. The van der Waals surface area contributed by atoms with Crippen molar-refractivity contribution in [3.63, 3.8) is 0 Å². The highest BCUT2D eigenvalue weighted by Gasteiger charge is 2.50. The summed E-state index contributed by atoms with van der Waals surface area (Å²) in [7, 11) is 0. The second-order valence-corrected chi connectivity index (χ2v) is 21.1. The number of aliphatic hydroxyl groups excluding tert-OH is 2. The maximum absolute atomic E-state index is 14.5. The van der Waals surface area contributed by atoms with Gasteiger partial charge in [0.1, 0.15) is 41.6 Å². The molecule has 2 aromatic rings. The average molecular weight is 1080 g/mol. The van der Waals surface area contributed by atoms with E-state index in [1.54, 1.807) is 6.92 Å². The summed E-state index contributed by atoms with van der Waals surface area (Å²) < 4.78 is 6.44. The van der Waals surface area contributed by atoms with Crippen LogP contribution in [0.1, 0.15) is 147 Å². The number of carbonyl (C=O) groups excluding carboxylic acids is 8. The second-order valence-electron chi connectivity index (χ2n) is 21.1. The molecule has 4 unspecified atom stereocenters. The fraction of sp³-hybridized carbons (Fsp3) is 0.577. The van der Waals surface area contributed by atoms with Gasteiger partial charge in [-0.1, -0.05) is 25.1 Å². The smallest absolute Gasteiger partial charge is 0.243 e. The second kappa shape index (κ2) is 26.3. The fourth-order valence-corrected chi connectivity index (χ4v) is 10.0. The van der Waals surface area contributed by atoms with Crippen LogP contribution in [-0.4, -0.2) is 158 Å². The standard InChI is InChI=1S/C52H75N11O14/c1-25-26(2)77-30(17-28-19-52(76,36(67)24-65)20-32-40(28)46(73)42-41(44(32)71)43(70)31-10-6-9-27(23-64)39(31)45(42)72)18-35(25)63-48(75)34(12-8-16-58-50(55)56)62-47(74)33(11-7-15-57-49(53)54)61-38(69)22-59-37(68)14-13-29(66)21-60-51(3,4)5/h6,9-10,25-26,28,30,33-35,60,64-65,71,73,76H,7-8,11-24H2,1-5H3,(H,59,68)(H,61,69)(H,62,74)(H,63,75)(H4,53,54,57)(H4,55,56,58)/t25?,26-,28?,30-,33?,34?,35-,52+/m1/s1. The zero-order valence-electron chi connectivity index (χ0n) is 44.2. The molecule has 5 rings (SSSR count). The summed E-state index contributed by atoms with van der Waals surface area (Å²) >= 11 is 0. The number of rotatable bonds is 25. The molecule has 0 saturated carbocycles. The Balaban J connectivity index is 1.37. The molecule has 77 heavy (non-hydrogen) atoms. The van der Waals surface area contributed by atoms with Crippen molar-refractivity contribution < 1.29 is 68.6 Å². The lowest BCUT2D eigenvalue weighted by Gasteiger charge is -2.43. The van der Waals surface area contributed by atoms with Crippen LogP contribution in [0.15, 0.2) is 28.2 Å². The molecule has 0 aromatic heterocycles. The van der Waals surface area contributed by atoms with Crippen LogP contribution in [0.4, 0.5) is 0 Å². The number of aromatic hydroxyl groups is 2. The number of hydrogen-bond donors (Lipinski definition) is 14.